The number of rotatable bonds is 1. The predicted molar refractivity (Wildman–Crippen MR) is 66.4 cm³/mol. The summed E-state index contributed by atoms with van der Waals surface area (Å²) in [6.45, 7) is 6.87. The number of hydrogen-bond donors (Lipinski definition) is 0. The summed E-state index contributed by atoms with van der Waals surface area (Å²) in [5, 5.41) is 0. The first-order chi connectivity index (χ1) is 7.06. The van der Waals surface area contributed by atoms with Gasteiger partial charge in [0.25, 0.3) is 0 Å². The number of epoxide rings is 1. The van der Waals surface area contributed by atoms with Crippen LogP contribution in [0.15, 0.2) is 0 Å². The third-order valence-electron chi connectivity index (χ3n) is 3.23. The average Bonchev–Trinajstić information content (AvgIpc) is 2.94. The SMILES string of the molecule is C[Si](C)(C)C#C[C@H]1O[C@H]1C1CCCCC1. The molecule has 2 atom stereocenters. The van der Waals surface area contributed by atoms with Crippen LogP contribution in [0, 0.1) is 17.4 Å². The van der Waals surface area contributed by atoms with Gasteiger partial charge in [0.15, 0.2) is 0 Å². The van der Waals surface area contributed by atoms with Gasteiger partial charge in [0.05, 0.1) is 6.10 Å². The van der Waals surface area contributed by atoms with Crippen LogP contribution in [0.5, 0.6) is 0 Å². The van der Waals surface area contributed by atoms with Crippen LogP contribution in [0.1, 0.15) is 32.1 Å². The summed E-state index contributed by atoms with van der Waals surface area (Å²) in [6.07, 6.45) is 7.76. The molecule has 1 saturated carbocycles. The van der Waals surface area contributed by atoms with Gasteiger partial charge in [0, 0.05) is 0 Å². The molecule has 2 heteroatoms. The largest absolute Gasteiger partial charge is 0.356 e. The molecule has 0 unspecified atom stereocenters. The monoisotopic (exact) mass is 222 g/mol. The lowest BCUT2D eigenvalue weighted by Crippen LogP contribution is -2.17. The van der Waals surface area contributed by atoms with E-state index in [0.717, 1.165) is 5.92 Å². The summed E-state index contributed by atoms with van der Waals surface area (Å²) in [6, 6.07) is 0. The Kier molecular flexibility index (Phi) is 3.23. The normalized spacial score (nSPS) is 31.9. The third-order valence-corrected chi connectivity index (χ3v) is 4.12. The average molecular weight is 222 g/mol. The van der Waals surface area contributed by atoms with Crippen molar-refractivity contribution in [3.63, 3.8) is 0 Å². The summed E-state index contributed by atoms with van der Waals surface area (Å²) in [7, 11) is -1.20. The first-order valence-electron chi connectivity index (χ1n) is 6.24. The molecule has 0 radical (unpaired) electrons. The minimum Gasteiger partial charge on any atom is -0.356 e. The fraction of sp³-hybridized carbons (Fsp3) is 0.846. The molecule has 84 valence electrons. The van der Waals surface area contributed by atoms with E-state index < -0.39 is 8.07 Å². The van der Waals surface area contributed by atoms with Crippen molar-refractivity contribution in [2.45, 2.75) is 64.0 Å². The lowest BCUT2D eigenvalue weighted by molar-refractivity contribution is 0.265. The zero-order valence-electron chi connectivity index (χ0n) is 10.2. The van der Waals surface area contributed by atoms with Crippen molar-refractivity contribution in [1.82, 2.24) is 0 Å². The second-order valence-electron chi connectivity index (χ2n) is 5.94. The van der Waals surface area contributed by atoms with Crippen LogP contribution in [-0.2, 0) is 4.74 Å². The third kappa shape index (κ3) is 3.36. The molecule has 1 aliphatic carbocycles. The fourth-order valence-corrected chi connectivity index (χ4v) is 2.92. The van der Waals surface area contributed by atoms with Gasteiger partial charge in [-0.1, -0.05) is 44.8 Å². The molecule has 0 N–H and O–H groups in total. The van der Waals surface area contributed by atoms with E-state index in [1.165, 1.54) is 32.1 Å². The van der Waals surface area contributed by atoms with Gasteiger partial charge in [-0.05, 0) is 18.8 Å². The molecule has 0 aromatic carbocycles. The van der Waals surface area contributed by atoms with Crippen LogP contribution >= 0.6 is 0 Å². The molecule has 1 heterocycles. The van der Waals surface area contributed by atoms with Gasteiger partial charge in [-0.3, -0.25) is 0 Å². The summed E-state index contributed by atoms with van der Waals surface area (Å²) < 4.78 is 5.70. The zero-order valence-corrected chi connectivity index (χ0v) is 11.2. The molecule has 1 nitrogen and oxygen atoms in total. The van der Waals surface area contributed by atoms with Gasteiger partial charge in [0.1, 0.15) is 14.2 Å². The van der Waals surface area contributed by atoms with Gasteiger partial charge in [-0.25, -0.2) is 0 Å². The Morgan fingerprint density at radius 1 is 1.07 bits per heavy atom. The quantitative estimate of drug-likeness (QED) is 0.377. The van der Waals surface area contributed by atoms with Crippen LogP contribution in [0.2, 0.25) is 19.6 Å². The van der Waals surface area contributed by atoms with E-state index >= 15 is 0 Å². The van der Waals surface area contributed by atoms with Crippen molar-refractivity contribution in [2.75, 3.05) is 0 Å². The Labute approximate surface area is 94.6 Å². The standard InChI is InChI=1S/C13H22OSi/c1-15(2,3)10-9-12-13(14-12)11-7-5-4-6-8-11/h11-13H,4-8H2,1-3H3/t12-,13+/m1/s1. The van der Waals surface area contributed by atoms with Crippen molar-refractivity contribution >= 4 is 8.07 Å². The molecular weight excluding hydrogens is 200 g/mol. The zero-order chi connectivity index (χ0) is 10.9. The van der Waals surface area contributed by atoms with Crippen LogP contribution in [0.3, 0.4) is 0 Å². The van der Waals surface area contributed by atoms with Gasteiger partial charge < -0.3 is 4.74 Å². The van der Waals surface area contributed by atoms with Crippen molar-refractivity contribution < 1.29 is 4.74 Å². The Morgan fingerprint density at radius 2 is 1.73 bits per heavy atom. The molecule has 0 aromatic heterocycles. The van der Waals surface area contributed by atoms with Gasteiger partial charge >= 0.3 is 0 Å². The molecule has 0 aromatic rings. The molecule has 0 amide bonds. The maximum atomic E-state index is 5.70. The first-order valence-corrected chi connectivity index (χ1v) is 9.74. The van der Waals surface area contributed by atoms with Crippen molar-refractivity contribution in [3.05, 3.63) is 0 Å². The summed E-state index contributed by atoms with van der Waals surface area (Å²) in [4.78, 5) is 0. The van der Waals surface area contributed by atoms with E-state index in [-0.39, 0.29) is 0 Å². The van der Waals surface area contributed by atoms with E-state index in [2.05, 4.69) is 31.1 Å². The predicted octanol–water partition coefficient (Wildman–Crippen LogP) is 3.21. The summed E-state index contributed by atoms with van der Waals surface area (Å²) in [5.41, 5.74) is 3.42. The minimum atomic E-state index is -1.20. The molecule has 15 heavy (non-hydrogen) atoms. The number of ether oxygens (including phenoxy) is 1. The second-order valence-corrected chi connectivity index (χ2v) is 10.7. The van der Waals surface area contributed by atoms with E-state index in [1.54, 1.807) is 0 Å². The van der Waals surface area contributed by atoms with Crippen LogP contribution in [-0.4, -0.2) is 20.3 Å². The second kappa shape index (κ2) is 4.31. The number of hydrogen-bond acceptors (Lipinski definition) is 1. The molecule has 1 saturated heterocycles. The maximum absolute atomic E-state index is 5.70. The Balaban J connectivity index is 1.82. The van der Waals surface area contributed by atoms with E-state index in [9.17, 15) is 0 Å². The lowest BCUT2D eigenvalue weighted by atomic mass is 9.86. The minimum absolute atomic E-state index is 0.292. The van der Waals surface area contributed by atoms with Crippen molar-refractivity contribution in [1.29, 1.82) is 0 Å². The smallest absolute Gasteiger partial charge is 0.144 e. The van der Waals surface area contributed by atoms with E-state index in [0.29, 0.717) is 12.2 Å². The van der Waals surface area contributed by atoms with Crippen LogP contribution in [0.4, 0.5) is 0 Å². The lowest BCUT2D eigenvalue weighted by Gasteiger charge is -2.18. The molecule has 1 aliphatic heterocycles. The summed E-state index contributed by atoms with van der Waals surface area (Å²) >= 11 is 0. The molecule has 2 rings (SSSR count). The highest BCUT2D eigenvalue weighted by Gasteiger charge is 2.43. The summed E-state index contributed by atoms with van der Waals surface area (Å²) in [5.74, 6) is 4.15. The van der Waals surface area contributed by atoms with Crippen LogP contribution in [0.25, 0.3) is 0 Å². The van der Waals surface area contributed by atoms with Gasteiger partial charge in [-0.15, -0.1) is 5.54 Å². The Morgan fingerprint density at radius 3 is 2.33 bits per heavy atom. The molecule has 2 fully saturated rings. The Bertz CT molecular complexity index is 275. The van der Waals surface area contributed by atoms with Crippen molar-refractivity contribution in [3.8, 4) is 11.5 Å². The van der Waals surface area contributed by atoms with E-state index in [4.69, 9.17) is 4.74 Å². The fourth-order valence-electron chi connectivity index (χ4n) is 2.35. The highest BCUT2D eigenvalue weighted by molar-refractivity contribution is 6.83. The van der Waals surface area contributed by atoms with Crippen LogP contribution < -0.4 is 0 Å². The highest BCUT2D eigenvalue weighted by atomic mass is 28.3. The topological polar surface area (TPSA) is 12.5 Å². The van der Waals surface area contributed by atoms with Gasteiger partial charge in [-0.2, -0.15) is 0 Å². The molecule has 0 spiro atoms. The molecule has 2 aliphatic rings. The van der Waals surface area contributed by atoms with Crippen molar-refractivity contribution in [2.24, 2.45) is 5.92 Å². The molecular formula is C13H22OSi. The van der Waals surface area contributed by atoms with Gasteiger partial charge in [0.2, 0.25) is 0 Å². The highest BCUT2D eigenvalue weighted by Crippen LogP contribution is 2.38. The van der Waals surface area contributed by atoms with E-state index in [1.807, 2.05) is 0 Å². The Hall–Kier alpha value is -0.263. The maximum Gasteiger partial charge on any atom is 0.144 e. The molecule has 0 bridgehead atoms. The first kappa shape index (κ1) is 11.2.